The van der Waals surface area contributed by atoms with Gasteiger partial charge >= 0.3 is 5.97 Å². The van der Waals surface area contributed by atoms with E-state index in [0.717, 1.165) is 5.56 Å². The molecule has 0 heterocycles. The van der Waals surface area contributed by atoms with Crippen LogP contribution in [0.4, 0.5) is 0 Å². The molecule has 15 heavy (non-hydrogen) atoms. The zero-order chi connectivity index (χ0) is 10.7. The molecule has 1 aliphatic rings. The quantitative estimate of drug-likeness (QED) is 0.820. The van der Waals surface area contributed by atoms with E-state index in [1.807, 2.05) is 30.3 Å². The molecule has 1 N–H and O–H groups in total. The van der Waals surface area contributed by atoms with Crippen LogP contribution in [-0.2, 0) is 16.1 Å². The molecule has 2 rings (SSSR count). The van der Waals surface area contributed by atoms with Gasteiger partial charge in [-0.05, 0) is 18.4 Å². The van der Waals surface area contributed by atoms with Crippen molar-refractivity contribution in [3.8, 4) is 0 Å². The van der Waals surface area contributed by atoms with E-state index in [0.29, 0.717) is 19.4 Å². The molecule has 0 bridgehead atoms. The molecule has 0 amide bonds. The van der Waals surface area contributed by atoms with Crippen LogP contribution in [0.5, 0.6) is 0 Å². The van der Waals surface area contributed by atoms with E-state index in [1.54, 1.807) is 0 Å². The summed E-state index contributed by atoms with van der Waals surface area (Å²) in [6, 6.07) is 9.92. The number of hydrogen-bond donors (Lipinski definition) is 1. The van der Waals surface area contributed by atoms with Crippen molar-refractivity contribution < 1.29 is 14.6 Å². The lowest BCUT2D eigenvalue weighted by atomic mass is 9.82. The number of carboxylic acids is 1. The Balaban J connectivity index is 1.71. The average Bonchev–Trinajstić information content (AvgIpc) is 2.16. The first-order valence-corrected chi connectivity index (χ1v) is 5.14. The van der Waals surface area contributed by atoms with Crippen LogP contribution in [0.2, 0.25) is 0 Å². The summed E-state index contributed by atoms with van der Waals surface area (Å²) in [7, 11) is 0. The zero-order valence-corrected chi connectivity index (χ0v) is 8.43. The predicted octanol–water partition coefficient (Wildman–Crippen LogP) is 2.07. The summed E-state index contributed by atoms with van der Waals surface area (Å²) in [4.78, 5) is 10.5. The fourth-order valence-corrected chi connectivity index (χ4v) is 1.69. The summed E-state index contributed by atoms with van der Waals surface area (Å²) in [6.07, 6.45) is 1.44. The van der Waals surface area contributed by atoms with Crippen molar-refractivity contribution in [2.75, 3.05) is 0 Å². The van der Waals surface area contributed by atoms with E-state index < -0.39 is 5.97 Å². The van der Waals surface area contributed by atoms with Crippen LogP contribution < -0.4 is 0 Å². The van der Waals surface area contributed by atoms with Crippen molar-refractivity contribution in [3.05, 3.63) is 35.9 Å². The Hall–Kier alpha value is -1.35. The molecule has 80 valence electrons. The Morgan fingerprint density at radius 2 is 2.00 bits per heavy atom. The van der Waals surface area contributed by atoms with Gasteiger partial charge < -0.3 is 9.84 Å². The molecule has 1 fully saturated rings. The maximum absolute atomic E-state index is 10.5. The minimum atomic E-state index is -0.699. The minimum Gasteiger partial charge on any atom is -0.481 e. The summed E-state index contributed by atoms with van der Waals surface area (Å²) in [5.41, 5.74) is 1.14. The van der Waals surface area contributed by atoms with Gasteiger partial charge in [-0.15, -0.1) is 0 Å². The molecule has 3 heteroatoms. The lowest BCUT2D eigenvalue weighted by Gasteiger charge is -2.32. The Morgan fingerprint density at radius 1 is 1.33 bits per heavy atom. The van der Waals surface area contributed by atoms with Crippen LogP contribution in [0.3, 0.4) is 0 Å². The molecule has 0 aromatic heterocycles. The number of carbonyl (C=O) groups is 1. The summed E-state index contributed by atoms with van der Waals surface area (Å²) in [5, 5.41) is 8.68. The molecule has 1 aromatic rings. The van der Waals surface area contributed by atoms with E-state index in [9.17, 15) is 4.79 Å². The molecule has 1 aliphatic carbocycles. The highest BCUT2D eigenvalue weighted by molar-refractivity contribution is 5.71. The second-order valence-electron chi connectivity index (χ2n) is 3.93. The van der Waals surface area contributed by atoms with E-state index in [-0.39, 0.29) is 12.0 Å². The molecule has 3 nitrogen and oxygen atoms in total. The molecule has 0 spiro atoms. The molecule has 1 aromatic carbocycles. The van der Waals surface area contributed by atoms with Gasteiger partial charge in [0.15, 0.2) is 0 Å². The van der Waals surface area contributed by atoms with Gasteiger partial charge in [-0.3, -0.25) is 4.79 Å². The van der Waals surface area contributed by atoms with Crippen LogP contribution in [0.15, 0.2) is 30.3 Å². The van der Waals surface area contributed by atoms with Gasteiger partial charge in [0.1, 0.15) is 0 Å². The highest BCUT2D eigenvalue weighted by Crippen LogP contribution is 2.30. The Morgan fingerprint density at radius 3 is 2.60 bits per heavy atom. The van der Waals surface area contributed by atoms with Crippen LogP contribution in [-0.4, -0.2) is 17.2 Å². The number of ether oxygens (including phenoxy) is 1. The van der Waals surface area contributed by atoms with Gasteiger partial charge in [0.05, 0.1) is 18.6 Å². The molecular weight excluding hydrogens is 192 g/mol. The van der Waals surface area contributed by atoms with Gasteiger partial charge in [-0.1, -0.05) is 30.3 Å². The Labute approximate surface area is 88.7 Å². The van der Waals surface area contributed by atoms with E-state index in [1.165, 1.54) is 0 Å². The molecule has 0 saturated heterocycles. The molecule has 0 atom stereocenters. The first-order chi connectivity index (χ1) is 7.25. The fourth-order valence-electron chi connectivity index (χ4n) is 1.69. The highest BCUT2D eigenvalue weighted by atomic mass is 16.5. The largest absolute Gasteiger partial charge is 0.481 e. The number of benzene rings is 1. The first-order valence-electron chi connectivity index (χ1n) is 5.14. The van der Waals surface area contributed by atoms with Crippen LogP contribution in [0.1, 0.15) is 18.4 Å². The van der Waals surface area contributed by atoms with Crippen LogP contribution in [0, 0.1) is 5.92 Å². The SMILES string of the molecule is O=C(O)[C@H]1C[C@@H](OCc2ccccc2)C1. The van der Waals surface area contributed by atoms with E-state index in [4.69, 9.17) is 9.84 Å². The maximum atomic E-state index is 10.5. The molecular formula is C12H14O3. The van der Waals surface area contributed by atoms with Crippen molar-refractivity contribution in [2.45, 2.75) is 25.6 Å². The van der Waals surface area contributed by atoms with Crippen molar-refractivity contribution in [1.82, 2.24) is 0 Å². The number of hydrogen-bond acceptors (Lipinski definition) is 2. The second kappa shape index (κ2) is 4.45. The summed E-state index contributed by atoms with van der Waals surface area (Å²) in [6.45, 7) is 0.581. The third-order valence-electron chi connectivity index (χ3n) is 2.77. The number of aliphatic carboxylic acids is 1. The third-order valence-corrected chi connectivity index (χ3v) is 2.77. The summed E-state index contributed by atoms with van der Waals surface area (Å²) in [5.74, 6) is -0.889. The van der Waals surface area contributed by atoms with Gasteiger partial charge in [0.25, 0.3) is 0 Å². The number of rotatable bonds is 4. The second-order valence-corrected chi connectivity index (χ2v) is 3.93. The average molecular weight is 206 g/mol. The van der Waals surface area contributed by atoms with Crippen molar-refractivity contribution >= 4 is 5.97 Å². The van der Waals surface area contributed by atoms with Crippen LogP contribution >= 0.6 is 0 Å². The van der Waals surface area contributed by atoms with Crippen molar-refractivity contribution in [1.29, 1.82) is 0 Å². The van der Waals surface area contributed by atoms with E-state index in [2.05, 4.69) is 0 Å². The van der Waals surface area contributed by atoms with Crippen molar-refractivity contribution in [3.63, 3.8) is 0 Å². The normalized spacial score (nSPS) is 24.5. The monoisotopic (exact) mass is 206 g/mol. The lowest BCUT2D eigenvalue weighted by molar-refractivity contribution is -0.151. The highest BCUT2D eigenvalue weighted by Gasteiger charge is 2.34. The summed E-state index contributed by atoms with van der Waals surface area (Å²) < 4.78 is 5.58. The standard InChI is InChI=1S/C12H14O3/c13-12(14)10-6-11(7-10)15-8-9-4-2-1-3-5-9/h1-5,10-11H,6-8H2,(H,13,14)/t10-,11+. The van der Waals surface area contributed by atoms with E-state index >= 15 is 0 Å². The predicted molar refractivity (Wildman–Crippen MR) is 55.4 cm³/mol. The van der Waals surface area contributed by atoms with Crippen LogP contribution in [0.25, 0.3) is 0 Å². The molecule has 0 radical (unpaired) electrons. The maximum Gasteiger partial charge on any atom is 0.306 e. The smallest absolute Gasteiger partial charge is 0.306 e. The molecule has 1 saturated carbocycles. The number of carboxylic acid groups (broad SMARTS) is 1. The molecule has 0 aliphatic heterocycles. The van der Waals surface area contributed by atoms with Gasteiger partial charge in [0, 0.05) is 0 Å². The van der Waals surface area contributed by atoms with Gasteiger partial charge in [-0.25, -0.2) is 0 Å². The zero-order valence-electron chi connectivity index (χ0n) is 8.43. The Bertz CT molecular complexity index is 328. The van der Waals surface area contributed by atoms with Crippen molar-refractivity contribution in [2.24, 2.45) is 5.92 Å². The summed E-state index contributed by atoms with van der Waals surface area (Å²) >= 11 is 0. The fraction of sp³-hybridized carbons (Fsp3) is 0.417. The molecule has 0 unspecified atom stereocenters. The third kappa shape index (κ3) is 2.57. The van der Waals surface area contributed by atoms with Gasteiger partial charge in [0.2, 0.25) is 0 Å². The minimum absolute atomic E-state index is 0.131. The Kier molecular flexibility index (Phi) is 3.02. The first kappa shape index (κ1) is 10.2. The lowest BCUT2D eigenvalue weighted by Crippen LogP contribution is -2.36. The van der Waals surface area contributed by atoms with Gasteiger partial charge in [-0.2, -0.15) is 0 Å². The topological polar surface area (TPSA) is 46.5 Å².